The van der Waals surface area contributed by atoms with Crippen LogP contribution >= 0.6 is 0 Å². The number of hydrogen-bond acceptors (Lipinski definition) is 6. The van der Waals surface area contributed by atoms with Gasteiger partial charge in [-0.05, 0) is 76.5 Å². The summed E-state index contributed by atoms with van der Waals surface area (Å²) in [5.41, 5.74) is 0.550. The number of aryl methyl sites for hydroxylation is 1. The number of carbonyl (C=O) groups is 3. The minimum absolute atomic E-state index is 0.0303. The molecule has 0 spiro atoms. The molecule has 39 heavy (non-hydrogen) atoms. The molecule has 1 aromatic heterocycles. The molecule has 1 saturated carbocycles. The van der Waals surface area contributed by atoms with Gasteiger partial charge in [0, 0.05) is 26.3 Å². The number of nitrogens with zero attached hydrogens (tertiary/aromatic N) is 5. The Bertz CT molecular complexity index is 1290. The maximum absolute atomic E-state index is 14.9. The minimum atomic E-state index is -0.845. The van der Waals surface area contributed by atoms with Crippen LogP contribution in [0.2, 0.25) is 0 Å². The van der Waals surface area contributed by atoms with Crippen LogP contribution in [-0.4, -0.2) is 75.3 Å². The fourth-order valence-electron chi connectivity index (χ4n) is 5.34. The van der Waals surface area contributed by atoms with Gasteiger partial charge in [-0.2, -0.15) is 10.4 Å². The van der Waals surface area contributed by atoms with Crippen LogP contribution in [0.15, 0.2) is 30.6 Å². The SMILES string of the molecule is CN(C)C(=O)c1cnn(-c2ccc(CCC(C#N)NC(=O)C3C4CCC(C4)N3C(=O)OC(C)(C)C)c(F)c2)c1. The number of rotatable bonds is 7. The molecule has 1 aliphatic heterocycles. The number of carbonyl (C=O) groups excluding carboxylic acids is 3. The van der Waals surface area contributed by atoms with Crippen molar-refractivity contribution in [2.24, 2.45) is 5.92 Å². The first-order valence-corrected chi connectivity index (χ1v) is 13.1. The van der Waals surface area contributed by atoms with Crippen molar-refractivity contribution in [3.05, 3.63) is 47.5 Å². The molecule has 4 rings (SSSR count). The number of hydrogen-bond donors (Lipinski definition) is 1. The lowest BCUT2D eigenvalue weighted by molar-refractivity contribution is -0.128. The van der Waals surface area contributed by atoms with Crippen molar-refractivity contribution in [3.63, 3.8) is 0 Å². The lowest BCUT2D eigenvalue weighted by atomic mass is 9.97. The summed E-state index contributed by atoms with van der Waals surface area (Å²) < 4.78 is 21.9. The average Bonchev–Trinajstić information content (AvgIpc) is 3.62. The lowest BCUT2D eigenvalue weighted by Gasteiger charge is -2.35. The van der Waals surface area contributed by atoms with Crippen LogP contribution in [0, 0.1) is 23.1 Å². The van der Waals surface area contributed by atoms with E-state index in [-0.39, 0.29) is 36.6 Å². The Morgan fingerprint density at radius 3 is 2.67 bits per heavy atom. The van der Waals surface area contributed by atoms with Crippen LogP contribution in [0.1, 0.15) is 62.4 Å². The largest absolute Gasteiger partial charge is 0.444 e. The molecule has 2 aromatic rings. The molecule has 2 fully saturated rings. The van der Waals surface area contributed by atoms with Crippen molar-refractivity contribution in [2.75, 3.05) is 14.1 Å². The Morgan fingerprint density at radius 2 is 2.03 bits per heavy atom. The monoisotopic (exact) mass is 538 g/mol. The molecule has 4 unspecified atom stereocenters. The maximum atomic E-state index is 14.9. The summed E-state index contributed by atoms with van der Waals surface area (Å²) in [6.07, 6.45) is 5.29. The molecule has 2 aliphatic rings. The van der Waals surface area contributed by atoms with E-state index in [9.17, 15) is 24.0 Å². The molecule has 2 heterocycles. The molecule has 1 N–H and O–H groups in total. The summed E-state index contributed by atoms with van der Waals surface area (Å²) >= 11 is 0. The van der Waals surface area contributed by atoms with Gasteiger partial charge >= 0.3 is 6.09 Å². The molecular weight excluding hydrogens is 503 g/mol. The summed E-state index contributed by atoms with van der Waals surface area (Å²) in [6.45, 7) is 5.35. The number of likely N-dealkylation sites (tertiary alicyclic amines) is 1. The zero-order valence-corrected chi connectivity index (χ0v) is 23.0. The normalized spacial score (nSPS) is 20.8. The van der Waals surface area contributed by atoms with Gasteiger partial charge < -0.3 is 15.0 Å². The third kappa shape index (κ3) is 6.21. The quantitative estimate of drug-likeness (QED) is 0.577. The molecule has 0 radical (unpaired) electrons. The van der Waals surface area contributed by atoms with Crippen LogP contribution in [-0.2, 0) is 16.0 Å². The molecule has 2 bridgehead atoms. The number of nitriles is 1. The number of aromatic nitrogens is 2. The van der Waals surface area contributed by atoms with E-state index >= 15 is 0 Å². The second-order valence-corrected chi connectivity index (χ2v) is 11.4. The Morgan fingerprint density at radius 1 is 1.28 bits per heavy atom. The average molecular weight is 539 g/mol. The second-order valence-electron chi connectivity index (χ2n) is 11.4. The Balaban J connectivity index is 1.38. The van der Waals surface area contributed by atoms with Crippen molar-refractivity contribution in [1.82, 2.24) is 24.9 Å². The van der Waals surface area contributed by atoms with Crippen LogP contribution in [0.4, 0.5) is 9.18 Å². The molecule has 10 nitrogen and oxygen atoms in total. The highest BCUT2D eigenvalue weighted by Gasteiger charge is 2.52. The Labute approximate surface area is 227 Å². The smallest absolute Gasteiger partial charge is 0.411 e. The van der Waals surface area contributed by atoms with E-state index in [0.717, 1.165) is 19.3 Å². The Kier molecular flexibility index (Phi) is 7.95. The molecule has 11 heteroatoms. The van der Waals surface area contributed by atoms with Gasteiger partial charge in [-0.25, -0.2) is 13.9 Å². The summed E-state index contributed by atoms with van der Waals surface area (Å²) in [5, 5.41) is 16.6. The molecular formula is C28H35FN6O4. The minimum Gasteiger partial charge on any atom is -0.444 e. The van der Waals surface area contributed by atoms with E-state index in [1.165, 1.54) is 32.9 Å². The fraction of sp³-hybridized carbons (Fsp3) is 0.536. The standard InChI is InChI=1S/C28H35FN6O4/c1-28(2,3)39-27(38)35-22-11-8-18(12-22)24(35)25(36)32-20(14-30)9-6-17-7-10-21(13-23(17)29)34-16-19(15-31-34)26(37)33(4)5/h7,10,13,15-16,18,20,22,24H,6,8-9,11-12H2,1-5H3,(H,32,36). The van der Waals surface area contributed by atoms with Gasteiger partial charge in [0.15, 0.2) is 0 Å². The molecule has 1 aromatic carbocycles. The topological polar surface area (TPSA) is 121 Å². The fourth-order valence-corrected chi connectivity index (χ4v) is 5.34. The molecule has 1 saturated heterocycles. The zero-order chi connectivity index (χ0) is 28.5. The van der Waals surface area contributed by atoms with Gasteiger partial charge in [-0.3, -0.25) is 14.5 Å². The number of piperidine rings is 1. The van der Waals surface area contributed by atoms with Gasteiger partial charge in [-0.1, -0.05) is 6.07 Å². The summed E-state index contributed by atoms with van der Waals surface area (Å²) in [6, 6.07) is 5.14. The number of halogens is 1. The van der Waals surface area contributed by atoms with Gasteiger partial charge in [0.1, 0.15) is 23.5 Å². The third-order valence-corrected chi connectivity index (χ3v) is 7.17. The highest BCUT2D eigenvalue weighted by atomic mass is 19.1. The van der Waals surface area contributed by atoms with E-state index in [2.05, 4.69) is 16.5 Å². The van der Waals surface area contributed by atoms with Crippen LogP contribution in [0.25, 0.3) is 5.69 Å². The van der Waals surface area contributed by atoms with Crippen molar-refractivity contribution >= 4 is 17.9 Å². The van der Waals surface area contributed by atoms with E-state index < -0.39 is 29.6 Å². The first-order valence-electron chi connectivity index (χ1n) is 13.1. The van der Waals surface area contributed by atoms with Crippen LogP contribution in [0.5, 0.6) is 0 Å². The van der Waals surface area contributed by atoms with Crippen molar-refractivity contribution in [2.45, 2.75) is 76.6 Å². The number of nitrogens with one attached hydrogen (secondary N) is 1. The van der Waals surface area contributed by atoms with Crippen molar-refractivity contribution in [3.8, 4) is 11.8 Å². The second kappa shape index (κ2) is 11.0. The predicted molar refractivity (Wildman–Crippen MR) is 140 cm³/mol. The van der Waals surface area contributed by atoms with E-state index in [0.29, 0.717) is 16.8 Å². The molecule has 1 aliphatic carbocycles. The van der Waals surface area contributed by atoms with Crippen LogP contribution < -0.4 is 5.32 Å². The van der Waals surface area contributed by atoms with Crippen LogP contribution in [0.3, 0.4) is 0 Å². The number of ether oxygens (including phenoxy) is 1. The van der Waals surface area contributed by atoms with Gasteiger partial charge in [0.05, 0.1) is 23.5 Å². The van der Waals surface area contributed by atoms with E-state index in [4.69, 9.17) is 4.74 Å². The summed E-state index contributed by atoms with van der Waals surface area (Å²) in [7, 11) is 3.28. The van der Waals surface area contributed by atoms with Gasteiger partial charge in [-0.15, -0.1) is 0 Å². The van der Waals surface area contributed by atoms with Crippen molar-refractivity contribution < 1.29 is 23.5 Å². The molecule has 3 amide bonds. The molecule has 208 valence electrons. The highest BCUT2D eigenvalue weighted by molar-refractivity contribution is 5.93. The number of benzene rings is 1. The van der Waals surface area contributed by atoms with E-state index in [1.54, 1.807) is 47.0 Å². The number of fused-ring (bicyclic) bond motifs is 2. The maximum Gasteiger partial charge on any atom is 0.411 e. The summed E-state index contributed by atoms with van der Waals surface area (Å²) in [4.78, 5) is 41.2. The number of amides is 3. The van der Waals surface area contributed by atoms with E-state index in [1.807, 2.05) is 0 Å². The summed E-state index contributed by atoms with van der Waals surface area (Å²) in [5.74, 6) is -1.03. The predicted octanol–water partition coefficient (Wildman–Crippen LogP) is 3.44. The third-order valence-electron chi connectivity index (χ3n) is 7.17. The zero-order valence-electron chi connectivity index (χ0n) is 23.0. The lowest BCUT2D eigenvalue weighted by Crippen LogP contribution is -2.55. The highest BCUT2D eigenvalue weighted by Crippen LogP contribution is 2.43. The van der Waals surface area contributed by atoms with Gasteiger partial charge in [0.25, 0.3) is 5.91 Å². The first kappa shape index (κ1) is 28.1. The Hall–Kier alpha value is -3.94. The van der Waals surface area contributed by atoms with Gasteiger partial charge in [0.2, 0.25) is 5.91 Å². The first-order chi connectivity index (χ1) is 18.4. The van der Waals surface area contributed by atoms with Crippen molar-refractivity contribution in [1.29, 1.82) is 5.26 Å². The molecule has 4 atom stereocenters.